The van der Waals surface area contributed by atoms with Crippen LogP contribution in [0.15, 0.2) is 248 Å². The summed E-state index contributed by atoms with van der Waals surface area (Å²) in [7, 11) is 0. The average molecular weight is 875 g/mol. The summed E-state index contributed by atoms with van der Waals surface area (Å²) >= 11 is 0. The van der Waals surface area contributed by atoms with Crippen LogP contribution in [0.1, 0.15) is 38.9 Å². The maximum Gasteiger partial charge on any atom is 0.152 e. The van der Waals surface area contributed by atoms with E-state index in [1.165, 1.54) is 98.7 Å². The molecule has 12 aromatic rings. The summed E-state index contributed by atoms with van der Waals surface area (Å²) in [5, 5.41) is 21.5. The number of aliphatic imine (C=N–C) groups is 1. The van der Waals surface area contributed by atoms with E-state index in [2.05, 4.69) is 218 Å². The molecule has 12 aromatic carbocycles. The number of hydrogen-bond donors (Lipinski definition) is 1. The normalized spacial score (nSPS) is 13.4. The number of rotatable bonds is 5. The molecule has 0 saturated carbocycles. The van der Waals surface area contributed by atoms with Crippen LogP contribution < -0.4 is 0 Å². The van der Waals surface area contributed by atoms with Gasteiger partial charge in [-0.25, -0.2) is 4.99 Å². The third-order valence-corrected chi connectivity index (χ3v) is 15.0. The van der Waals surface area contributed by atoms with Crippen molar-refractivity contribution in [2.45, 2.75) is 5.41 Å². The fourth-order valence-corrected chi connectivity index (χ4v) is 12.1. The lowest BCUT2D eigenvalue weighted by atomic mass is 9.70. The lowest BCUT2D eigenvalue weighted by Gasteiger charge is -2.30. The van der Waals surface area contributed by atoms with Gasteiger partial charge in [0.25, 0.3) is 0 Å². The Kier molecular flexibility index (Phi) is 8.68. The molecule has 2 aliphatic carbocycles. The van der Waals surface area contributed by atoms with Crippen LogP contribution in [0.3, 0.4) is 0 Å². The minimum Gasteiger partial charge on any atom is -0.282 e. The smallest absolute Gasteiger partial charge is 0.152 e. The second-order valence-corrected chi connectivity index (χ2v) is 18.4. The predicted molar refractivity (Wildman–Crippen MR) is 291 cm³/mol. The van der Waals surface area contributed by atoms with Gasteiger partial charge in [0.2, 0.25) is 0 Å². The zero-order valence-electron chi connectivity index (χ0n) is 37.6. The van der Waals surface area contributed by atoms with Gasteiger partial charge >= 0.3 is 0 Å². The molecule has 0 fully saturated rings. The van der Waals surface area contributed by atoms with Gasteiger partial charge in [-0.1, -0.05) is 231 Å². The summed E-state index contributed by atoms with van der Waals surface area (Å²) < 4.78 is 0. The molecule has 1 N–H and O–H groups in total. The van der Waals surface area contributed by atoms with E-state index in [9.17, 15) is 5.41 Å². The fraction of sp³-hybridized carbons (Fsp3) is 0.0149. The van der Waals surface area contributed by atoms with E-state index in [1.54, 1.807) is 0 Å². The molecule has 1 spiro atoms. The van der Waals surface area contributed by atoms with Crippen LogP contribution in [0, 0.1) is 5.41 Å². The SMILES string of the molecule is N=C(N=C(/C=C/c1c2ccccc2c(-c2c3ccccc3cc3c2ccc2ccccc23)c2ccccc12)c1ccc2c(c1)-c1ccccc1C21c2ccccc2-c2ccccc21)c1ccccc1. The molecule has 2 aliphatic rings. The number of amidine groups is 1. The minimum absolute atomic E-state index is 0.215. The van der Waals surface area contributed by atoms with Crippen LogP contribution in [0.2, 0.25) is 0 Å². The van der Waals surface area contributed by atoms with E-state index in [1.807, 2.05) is 30.3 Å². The molecule has 0 amide bonds. The number of nitrogens with zero attached hydrogens (tertiary/aromatic N) is 1. The fourth-order valence-electron chi connectivity index (χ4n) is 12.1. The first-order valence-corrected chi connectivity index (χ1v) is 23.8. The monoisotopic (exact) mass is 874 g/mol. The maximum absolute atomic E-state index is 9.40. The van der Waals surface area contributed by atoms with E-state index in [-0.39, 0.29) is 5.84 Å². The standard InChI is InChI=1S/C67H42N2/c68-66(43-19-2-1-3-20-43)69-63(45-35-38-62-58(41-45)53-28-14-17-33-61(53)67(62)59-31-15-12-26-51(59)52-27-13-16-32-60(52)67)39-37-50-48-24-8-10-29-54(48)65(55-30-11-9-25-49(50)55)64-47-23-7-5-21-44(47)40-57-46-22-6-4-18-42(46)34-36-56(57)64/h1-41,68H/b39-37+,68-66?,69-63?. The second kappa shape index (κ2) is 15.3. The minimum atomic E-state index is -0.441. The second-order valence-electron chi connectivity index (χ2n) is 18.4. The zero-order chi connectivity index (χ0) is 45.6. The lowest BCUT2D eigenvalue weighted by molar-refractivity contribution is 0.793. The Hall–Kier alpha value is -8.98. The first kappa shape index (κ1) is 39.2. The molecule has 0 atom stereocenters. The third kappa shape index (κ3) is 5.73. The highest BCUT2D eigenvalue weighted by Crippen LogP contribution is 2.62. The van der Waals surface area contributed by atoms with Gasteiger partial charge in [0.05, 0.1) is 11.1 Å². The van der Waals surface area contributed by atoms with Gasteiger partial charge in [0.15, 0.2) is 5.84 Å². The highest BCUT2D eigenvalue weighted by atomic mass is 14.8. The molecule has 0 aromatic heterocycles. The lowest BCUT2D eigenvalue weighted by Crippen LogP contribution is -2.25. The number of fused-ring (bicyclic) bond motifs is 16. The Bertz CT molecular complexity index is 4110. The van der Waals surface area contributed by atoms with Gasteiger partial charge in [-0.15, -0.1) is 0 Å². The Morgan fingerprint density at radius 2 is 0.826 bits per heavy atom. The Morgan fingerprint density at radius 3 is 1.48 bits per heavy atom. The Labute approximate surface area is 400 Å². The van der Waals surface area contributed by atoms with Gasteiger partial charge in [-0.3, -0.25) is 5.41 Å². The van der Waals surface area contributed by atoms with E-state index in [0.717, 1.165) is 33.2 Å². The van der Waals surface area contributed by atoms with Crippen molar-refractivity contribution in [3.05, 3.63) is 282 Å². The molecule has 2 heteroatoms. The van der Waals surface area contributed by atoms with Crippen LogP contribution in [0.5, 0.6) is 0 Å². The van der Waals surface area contributed by atoms with Crippen molar-refractivity contribution in [3.8, 4) is 33.4 Å². The first-order chi connectivity index (χ1) is 34.2. The van der Waals surface area contributed by atoms with Crippen molar-refractivity contribution >= 4 is 71.5 Å². The summed E-state index contributed by atoms with van der Waals surface area (Å²) in [6.45, 7) is 0. The van der Waals surface area contributed by atoms with Crippen molar-refractivity contribution in [3.63, 3.8) is 0 Å². The van der Waals surface area contributed by atoms with Gasteiger partial charge in [0, 0.05) is 11.1 Å². The summed E-state index contributed by atoms with van der Waals surface area (Å²) in [5.74, 6) is 0.215. The average Bonchev–Trinajstić information content (AvgIpc) is 3.88. The van der Waals surface area contributed by atoms with Gasteiger partial charge in [-0.2, -0.15) is 0 Å². The largest absolute Gasteiger partial charge is 0.282 e. The van der Waals surface area contributed by atoms with Crippen LogP contribution in [-0.4, -0.2) is 11.5 Å². The van der Waals surface area contributed by atoms with Gasteiger partial charge in [-0.05, 0) is 133 Å². The molecule has 0 bridgehead atoms. The number of nitrogens with one attached hydrogen (secondary N) is 1. The van der Waals surface area contributed by atoms with Crippen LogP contribution in [0.4, 0.5) is 0 Å². The number of benzene rings is 12. The molecule has 320 valence electrons. The number of allylic oxidation sites excluding steroid dienone is 1. The van der Waals surface area contributed by atoms with Crippen molar-refractivity contribution in [1.29, 1.82) is 5.41 Å². The molecule has 0 unspecified atom stereocenters. The summed E-state index contributed by atoms with van der Waals surface area (Å²) in [6.07, 6.45) is 4.38. The van der Waals surface area contributed by atoms with E-state index < -0.39 is 5.41 Å². The maximum atomic E-state index is 9.40. The van der Waals surface area contributed by atoms with E-state index >= 15 is 0 Å². The van der Waals surface area contributed by atoms with Gasteiger partial charge in [0.1, 0.15) is 0 Å². The van der Waals surface area contributed by atoms with Crippen LogP contribution >= 0.6 is 0 Å². The Balaban J connectivity index is 0.993. The molecule has 0 heterocycles. The van der Waals surface area contributed by atoms with Crippen molar-refractivity contribution in [2.24, 2.45) is 4.99 Å². The Morgan fingerprint density at radius 1 is 0.348 bits per heavy atom. The van der Waals surface area contributed by atoms with Crippen LogP contribution in [-0.2, 0) is 5.41 Å². The summed E-state index contributed by atoms with van der Waals surface area (Å²) in [4.78, 5) is 5.21. The molecule has 0 aliphatic heterocycles. The molecule has 2 nitrogen and oxygen atoms in total. The predicted octanol–water partition coefficient (Wildman–Crippen LogP) is 17.0. The van der Waals surface area contributed by atoms with Crippen molar-refractivity contribution in [2.75, 3.05) is 0 Å². The first-order valence-electron chi connectivity index (χ1n) is 23.8. The summed E-state index contributed by atoms with van der Waals surface area (Å²) in [6, 6.07) is 85.8. The van der Waals surface area contributed by atoms with E-state index in [4.69, 9.17) is 4.99 Å². The number of hydrogen-bond acceptors (Lipinski definition) is 1. The molecule has 69 heavy (non-hydrogen) atoms. The van der Waals surface area contributed by atoms with Crippen molar-refractivity contribution in [1.82, 2.24) is 0 Å². The molecule has 14 rings (SSSR count). The molecule has 0 radical (unpaired) electrons. The molecule has 0 saturated heterocycles. The van der Waals surface area contributed by atoms with Crippen LogP contribution in [0.25, 0.3) is 93.3 Å². The highest BCUT2D eigenvalue weighted by molar-refractivity contribution is 6.28. The quantitative estimate of drug-likeness (QED) is 0.0774. The zero-order valence-corrected chi connectivity index (χ0v) is 37.6. The van der Waals surface area contributed by atoms with Crippen molar-refractivity contribution < 1.29 is 0 Å². The highest BCUT2D eigenvalue weighted by Gasteiger charge is 2.51. The third-order valence-electron chi connectivity index (χ3n) is 15.0. The summed E-state index contributed by atoms with van der Waals surface area (Å²) in [5.41, 5.74) is 15.8. The van der Waals surface area contributed by atoms with E-state index in [0.29, 0.717) is 0 Å². The molecular formula is C67H42N2. The molecular weight excluding hydrogens is 833 g/mol. The topological polar surface area (TPSA) is 36.2 Å². The van der Waals surface area contributed by atoms with Gasteiger partial charge < -0.3 is 0 Å².